The Kier molecular flexibility index (Phi) is 5.19. The summed E-state index contributed by atoms with van der Waals surface area (Å²) in [5.41, 5.74) is 8.77. The zero-order chi connectivity index (χ0) is 21.3. The van der Waals surface area contributed by atoms with Crippen LogP contribution in [0.3, 0.4) is 0 Å². The third-order valence-electron chi connectivity index (χ3n) is 5.25. The Balaban J connectivity index is 1.83. The van der Waals surface area contributed by atoms with Gasteiger partial charge in [0.25, 0.3) is 5.69 Å². The SMILES string of the molecule is Cc1cccc(-c2nn(Cc3ccc([N+](=O)[O-])cc3)c(-c3cccc(C)c3)c2C)c1. The Labute approximate surface area is 175 Å². The maximum atomic E-state index is 11.0. The van der Waals surface area contributed by atoms with Crippen molar-refractivity contribution in [3.63, 3.8) is 0 Å². The third kappa shape index (κ3) is 3.87. The molecule has 0 aliphatic rings. The molecule has 0 amide bonds. The maximum Gasteiger partial charge on any atom is 0.269 e. The summed E-state index contributed by atoms with van der Waals surface area (Å²) in [6, 6.07) is 23.4. The summed E-state index contributed by atoms with van der Waals surface area (Å²) in [6.07, 6.45) is 0. The summed E-state index contributed by atoms with van der Waals surface area (Å²) >= 11 is 0. The van der Waals surface area contributed by atoms with Gasteiger partial charge in [0, 0.05) is 28.8 Å². The van der Waals surface area contributed by atoms with Gasteiger partial charge in [0.2, 0.25) is 0 Å². The largest absolute Gasteiger partial charge is 0.269 e. The number of rotatable bonds is 5. The minimum atomic E-state index is -0.379. The fourth-order valence-corrected chi connectivity index (χ4v) is 3.79. The summed E-state index contributed by atoms with van der Waals surface area (Å²) in [4.78, 5) is 10.6. The third-order valence-corrected chi connectivity index (χ3v) is 5.25. The molecule has 30 heavy (non-hydrogen) atoms. The number of benzene rings is 3. The van der Waals surface area contributed by atoms with Crippen LogP contribution in [0.2, 0.25) is 0 Å². The Morgan fingerprint density at radius 2 is 1.47 bits per heavy atom. The fourth-order valence-electron chi connectivity index (χ4n) is 3.79. The van der Waals surface area contributed by atoms with E-state index in [0.717, 1.165) is 33.6 Å². The van der Waals surface area contributed by atoms with Crippen LogP contribution in [0.25, 0.3) is 22.5 Å². The molecule has 0 fully saturated rings. The lowest BCUT2D eigenvalue weighted by Gasteiger charge is -2.10. The molecule has 1 aromatic heterocycles. The molecular weight excluding hydrogens is 374 g/mol. The molecule has 5 heteroatoms. The molecular formula is C25H23N3O2. The first-order valence-corrected chi connectivity index (χ1v) is 9.87. The van der Waals surface area contributed by atoms with Crippen LogP contribution in [0.4, 0.5) is 5.69 Å². The molecule has 0 saturated heterocycles. The van der Waals surface area contributed by atoms with E-state index in [1.165, 1.54) is 11.1 Å². The highest BCUT2D eigenvalue weighted by Gasteiger charge is 2.18. The highest BCUT2D eigenvalue weighted by molar-refractivity contribution is 5.74. The van der Waals surface area contributed by atoms with Crippen LogP contribution in [0.1, 0.15) is 22.3 Å². The van der Waals surface area contributed by atoms with Crippen molar-refractivity contribution >= 4 is 5.69 Å². The summed E-state index contributed by atoms with van der Waals surface area (Å²) in [6.45, 7) is 6.80. The van der Waals surface area contributed by atoms with E-state index in [1.807, 2.05) is 10.7 Å². The Morgan fingerprint density at radius 3 is 2.07 bits per heavy atom. The standard InChI is InChI=1S/C25H23N3O2/c1-17-6-4-8-21(14-17)24-19(3)25(22-9-5-7-18(2)15-22)27(26-24)16-20-10-12-23(13-11-20)28(29)30/h4-15H,16H2,1-3H3. The Bertz CT molecular complexity index is 1220. The van der Waals surface area contributed by atoms with Gasteiger partial charge in [-0.1, -0.05) is 59.7 Å². The van der Waals surface area contributed by atoms with Crippen molar-refractivity contribution in [2.45, 2.75) is 27.3 Å². The molecule has 0 radical (unpaired) electrons. The average molecular weight is 397 g/mol. The van der Waals surface area contributed by atoms with Gasteiger partial charge in [-0.3, -0.25) is 14.8 Å². The topological polar surface area (TPSA) is 61.0 Å². The summed E-state index contributed by atoms with van der Waals surface area (Å²) in [5.74, 6) is 0. The zero-order valence-corrected chi connectivity index (χ0v) is 17.3. The van der Waals surface area contributed by atoms with Crippen LogP contribution in [0, 0.1) is 30.9 Å². The van der Waals surface area contributed by atoms with Gasteiger partial charge >= 0.3 is 0 Å². The van der Waals surface area contributed by atoms with Gasteiger partial charge in [-0.25, -0.2) is 0 Å². The second kappa shape index (κ2) is 7.95. The maximum absolute atomic E-state index is 11.0. The minimum absolute atomic E-state index is 0.0924. The second-order valence-corrected chi connectivity index (χ2v) is 7.64. The quantitative estimate of drug-likeness (QED) is 0.302. The Hall–Kier alpha value is -3.73. The smallest absolute Gasteiger partial charge is 0.260 e. The van der Waals surface area contributed by atoms with Crippen LogP contribution in [0.15, 0.2) is 72.8 Å². The molecule has 0 unspecified atom stereocenters. The number of aryl methyl sites for hydroxylation is 2. The summed E-state index contributed by atoms with van der Waals surface area (Å²) in [7, 11) is 0. The normalized spacial score (nSPS) is 10.9. The van der Waals surface area contributed by atoms with E-state index in [9.17, 15) is 10.1 Å². The van der Waals surface area contributed by atoms with E-state index in [-0.39, 0.29) is 10.6 Å². The lowest BCUT2D eigenvalue weighted by atomic mass is 10.0. The molecule has 4 rings (SSSR count). The number of hydrogen-bond acceptors (Lipinski definition) is 3. The van der Waals surface area contributed by atoms with Crippen LogP contribution in [0.5, 0.6) is 0 Å². The zero-order valence-electron chi connectivity index (χ0n) is 17.3. The lowest BCUT2D eigenvalue weighted by molar-refractivity contribution is -0.384. The molecule has 3 aromatic carbocycles. The first kappa shape index (κ1) is 19.6. The first-order valence-electron chi connectivity index (χ1n) is 9.87. The summed E-state index contributed by atoms with van der Waals surface area (Å²) in [5, 5.41) is 15.9. The molecule has 0 spiro atoms. The summed E-state index contributed by atoms with van der Waals surface area (Å²) < 4.78 is 2.00. The molecule has 0 saturated carbocycles. The number of nitrogens with zero attached hydrogens (tertiary/aromatic N) is 3. The molecule has 0 atom stereocenters. The lowest BCUT2D eigenvalue weighted by Crippen LogP contribution is -2.04. The molecule has 0 N–H and O–H groups in total. The number of nitro benzene ring substituents is 1. The van der Waals surface area contributed by atoms with Crippen molar-refractivity contribution in [2.24, 2.45) is 0 Å². The van der Waals surface area contributed by atoms with E-state index in [2.05, 4.69) is 63.2 Å². The van der Waals surface area contributed by atoms with E-state index in [0.29, 0.717) is 6.54 Å². The van der Waals surface area contributed by atoms with Crippen LogP contribution in [-0.4, -0.2) is 14.7 Å². The van der Waals surface area contributed by atoms with Crippen LogP contribution >= 0.6 is 0 Å². The predicted molar refractivity (Wildman–Crippen MR) is 120 cm³/mol. The first-order chi connectivity index (χ1) is 14.4. The van der Waals surface area contributed by atoms with Crippen molar-refractivity contribution < 1.29 is 4.92 Å². The van der Waals surface area contributed by atoms with E-state index in [1.54, 1.807) is 24.3 Å². The number of hydrogen-bond donors (Lipinski definition) is 0. The highest BCUT2D eigenvalue weighted by Crippen LogP contribution is 2.33. The molecule has 150 valence electrons. The number of nitro groups is 1. The molecule has 1 heterocycles. The van der Waals surface area contributed by atoms with Gasteiger partial charge in [0.15, 0.2) is 0 Å². The predicted octanol–water partition coefficient (Wildman–Crippen LogP) is 6.10. The molecule has 5 nitrogen and oxygen atoms in total. The van der Waals surface area contributed by atoms with E-state index in [4.69, 9.17) is 5.10 Å². The van der Waals surface area contributed by atoms with Crippen molar-refractivity contribution in [1.29, 1.82) is 0 Å². The molecule has 0 aliphatic carbocycles. The molecule has 4 aromatic rings. The molecule has 0 aliphatic heterocycles. The van der Waals surface area contributed by atoms with Gasteiger partial charge < -0.3 is 0 Å². The van der Waals surface area contributed by atoms with Crippen molar-refractivity contribution in [3.05, 3.63) is 105 Å². The average Bonchev–Trinajstić information content (AvgIpc) is 3.04. The van der Waals surface area contributed by atoms with Gasteiger partial charge in [-0.2, -0.15) is 5.10 Å². The van der Waals surface area contributed by atoms with Gasteiger partial charge in [0.05, 0.1) is 22.9 Å². The van der Waals surface area contributed by atoms with E-state index >= 15 is 0 Å². The van der Waals surface area contributed by atoms with Gasteiger partial charge in [-0.15, -0.1) is 0 Å². The number of aromatic nitrogens is 2. The van der Waals surface area contributed by atoms with Crippen molar-refractivity contribution in [2.75, 3.05) is 0 Å². The minimum Gasteiger partial charge on any atom is -0.260 e. The van der Waals surface area contributed by atoms with Crippen molar-refractivity contribution in [3.8, 4) is 22.5 Å². The van der Waals surface area contributed by atoms with E-state index < -0.39 is 0 Å². The van der Waals surface area contributed by atoms with Crippen LogP contribution < -0.4 is 0 Å². The van der Waals surface area contributed by atoms with Crippen LogP contribution in [-0.2, 0) is 6.54 Å². The van der Waals surface area contributed by atoms with Gasteiger partial charge in [0.1, 0.15) is 0 Å². The monoisotopic (exact) mass is 397 g/mol. The van der Waals surface area contributed by atoms with Gasteiger partial charge in [-0.05, 0) is 38.5 Å². The second-order valence-electron chi connectivity index (χ2n) is 7.64. The number of non-ortho nitro benzene ring substituents is 1. The fraction of sp³-hybridized carbons (Fsp3) is 0.160. The van der Waals surface area contributed by atoms with Crippen molar-refractivity contribution in [1.82, 2.24) is 9.78 Å². The Morgan fingerprint density at radius 1 is 0.867 bits per heavy atom. The molecule has 0 bridgehead atoms. The highest BCUT2D eigenvalue weighted by atomic mass is 16.6.